The van der Waals surface area contributed by atoms with E-state index in [1.54, 1.807) is 6.20 Å². The molecule has 0 atom stereocenters. The van der Waals surface area contributed by atoms with Crippen molar-refractivity contribution in [2.75, 3.05) is 13.3 Å². The number of benzene rings is 1. The monoisotopic (exact) mass is 338 g/mol. The maximum Gasteiger partial charge on any atom is 0.231 e. The Balaban J connectivity index is 1.46. The molecule has 6 nitrogen and oxygen atoms in total. The molecule has 0 fully saturated rings. The van der Waals surface area contributed by atoms with Gasteiger partial charge in [0, 0.05) is 19.3 Å². The summed E-state index contributed by atoms with van der Waals surface area (Å²) in [5, 5.41) is 11.1. The molecule has 106 valence electrons. The summed E-state index contributed by atoms with van der Waals surface area (Å²) in [5.41, 5.74) is 1.17. The maximum atomic E-state index is 5.40. The Hall–Kier alpha value is -1.60. The van der Waals surface area contributed by atoms with Gasteiger partial charge in [-0.05, 0) is 46.6 Å². The molecule has 2 heterocycles. The summed E-state index contributed by atoms with van der Waals surface area (Å²) in [6.07, 6.45) is 4.57. The molecule has 0 radical (unpaired) electrons. The summed E-state index contributed by atoms with van der Waals surface area (Å²) >= 11 is 3.50. The Bertz CT molecular complexity index is 574. The number of fused-ring (bicyclic) bond motifs is 1. The lowest BCUT2D eigenvalue weighted by Gasteiger charge is -2.07. The van der Waals surface area contributed by atoms with Crippen molar-refractivity contribution in [3.63, 3.8) is 0 Å². The van der Waals surface area contributed by atoms with E-state index in [1.807, 2.05) is 16.9 Å². The molecule has 0 saturated carbocycles. The third-order valence-electron chi connectivity index (χ3n) is 3.03. The molecule has 20 heavy (non-hydrogen) atoms. The molecule has 1 N–H and O–H groups in total. The Kier molecular flexibility index (Phi) is 4.17. The summed E-state index contributed by atoms with van der Waals surface area (Å²) in [6.45, 7) is 2.89. The molecular formula is C13H15BrN4O2. The van der Waals surface area contributed by atoms with Gasteiger partial charge in [0.25, 0.3) is 0 Å². The summed E-state index contributed by atoms with van der Waals surface area (Å²) in [6, 6.07) is 4.06. The minimum Gasteiger partial charge on any atom is -0.454 e. The Morgan fingerprint density at radius 2 is 2.30 bits per heavy atom. The van der Waals surface area contributed by atoms with E-state index in [0.717, 1.165) is 42.0 Å². The average Bonchev–Trinajstić information content (AvgIpc) is 3.08. The number of hydrogen-bond acceptors (Lipinski definition) is 5. The quantitative estimate of drug-likeness (QED) is 0.815. The minimum atomic E-state index is 0.294. The van der Waals surface area contributed by atoms with Crippen LogP contribution in [-0.4, -0.2) is 28.3 Å². The number of nitrogens with one attached hydrogen (secondary N) is 1. The number of aryl methyl sites for hydroxylation is 1. The first kappa shape index (κ1) is 13.4. The van der Waals surface area contributed by atoms with Crippen LogP contribution in [-0.2, 0) is 13.1 Å². The van der Waals surface area contributed by atoms with Crippen LogP contribution in [0.5, 0.6) is 11.5 Å². The summed E-state index contributed by atoms with van der Waals surface area (Å²) in [7, 11) is 0. The standard InChI is InChI=1S/C13H15BrN4O2/c14-11-6-10(7-12-13(11)20-9-19-12)8-15-2-1-4-18-5-3-16-17-18/h3,5-7,15H,1-2,4,8-9H2. The fraction of sp³-hybridized carbons (Fsp3) is 0.385. The molecule has 0 amide bonds. The Morgan fingerprint density at radius 3 is 3.15 bits per heavy atom. The second kappa shape index (κ2) is 6.23. The Labute approximate surface area is 125 Å². The van der Waals surface area contributed by atoms with Crippen LogP contribution < -0.4 is 14.8 Å². The first-order valence-electron chi connectivity index (χ1n) is 6.46. The summed E-state index contributed by atoms with van der Waals surface area (Å²) in [5.74, 6) is 1.60. The van der Waals surface area contributed by atoms with Crippen LogP contribution in [0.15, 0.2) is 29.0 Å². The smallest absolute Gasteiger partial charge is 0.231 e. The number of halogens is 1. The van der Waals surface area contributed by atoms with Gasteiger partial charge < -0.3 is 14.8 Å². The number of nitrogens with zero attached hydrogens (tertiary/aromatic N) is 3. The third-order valence-corrected chi connectivity index (χ3v) is 3.62. The molecule has 0 aliphatic carbocycles. The zero-order valence-electron chi connectivity index (χ0n) is 10.9. The van der Waals surface area contributed by atoms with Crippen LogP contribution in [0.3, 0.4) is 0 Å². The van der Waals surface area contributed by atoms with Crippen LogP contribution in [0.4, 0.5) is 0 Å². The van der Waals surface area contributed by atoms with E-state index in [4.69, 9.17) is 9.47 Å². The highest BCUT2D eigenvalue weighted by atomic mass is 79.9. The van der Waals surface area contributed by atoms with Gasteiger partial charge >= 0.3 is 0 Å². The van der Waals surface area contributed by atoms with Crippen molar-refractivity contribution in [2.24, 2.45) is 0 Å². The van der Waals surface area contributed by atoms with Crippen molar-refractivity contribution in [1.29, 1.82) is 0 Å². The van der Waals surface area contributed by atoms with E-state index < -0.39 is 0 Å². The molecule has 1 aromatic heterocycles. The molecule has 1 aromatic carbocycles. The van der Waals surface area contributed by atoms with Gasteiger partial charge in [-0.25, -0.2) is 0 Å². The first-order chi connectivity index (χ1) is 9.83. The van der Waals surface area contributed by atoms with E-state index in [-0.39, 0.29) is 0 Å². The maximum absolute atomic E-state index is 5.40. The number of hydrogen-bond donors (Lipinski definition) is 1. The van der Waals surface area contributed by atoms with Crippen molar-refractivity contribution in [3.05, 3.63) is 34.6 Å². The van der Waals surface area contributed by atoms with E-state index >= 15 is 0 Å². The lowest BCUT2D eigenvalue weighted by Crippen LogP contribution is -2.16. The molecule has 7 heteroatoms. The minimum absolute atomic E-state index is 0.294. The second-order valence-electron chi connectivity index (χ2n) is 4.51. The van der Waals surface area contributed by atoms with Gasteiger partial charge in [-0.1, -0.05) is 5.21 Å². The van der Waals surface area contributed by atoms with Gasteiger partial charge in [-0.3, -0.25) is 4.68 Å². The van der Waals surface area contributed by atoms with E-state index in [1.165, 1.54) is 5.56 Å². The molecule has 1 aliphatic heterocycles. The third kappa shape index (κ3) is 3.10. The van der Waals surface area contributed by atoms with Crippen LogP contribution in [0.25, 0.3) is 0 Å². The SMILES string of the molecule is Brc1cc(CNCCCn2ccnn2)cc2c1OCO2. The molecule has 0 saturated heterocycles. The highest BCUT2D eigenvalue weighted by Crippen LogP contribution is 2.39. The van der Waals surface area contributed by atoms with Crippen LogP contribution >= 0.6 is 15.9 Å². The zero-order valence-corrected chi connectivity index (χ0v) is 12.5. The highest BCUT2D eigenvalue weighted by molar-refractivity contribution is 9.10. The van der Waals surface area contributed by atoms with Crippen molar-refractivity contribution in [1.82, 2.24) is 20.3 Å². The largest absolute Gasteiger partial charge is 0.454 e. The zero-order chi connectivity index (χ0) is 13.8. The van der Waals surface area contributed by atoms with E-state index in [9.17, 15) is 0 Å². The fourth-order valence-electron chi connectivity index (χ4n) is 2.07. The van der Waals surface area contributed by atoms with Gasteiger partial charge in [-0.15, -0.1) is 5.10 Å². The molecule has 0 spiro atoms. The summed E-state index contributed by atoms with van der Waals surface area (Å²) < 4.78 is 13.5. The average molecular weight is 339 g/mol. The normalized spacial score (nSPS) is 12.8. The summed E-state index contributed by atoms with van der Waals surface area (Å²) in [4.78, 5) is 0. The molecule has 1 aliphatic rings. The lowest BCUT2D eigenvalue weighted by molar-refractivity contribution is 0.173. The van der Waals surface area contributed by atoms with Gasteiger partial charge in [0.1, 0.15) is 0 Å². The van der Waals surface area contributed by atoms with Crippen molar-refractivity contribution >= 4 is 15.9 Å². The number of aromatic nitrogens is 3. The topological polar surface area (TPSA) is 61.2 Å². The molecule has 0 bridgehead atoms. The predicted molar refractivity (Wildman–Crippen MR) is 76.6 cm³/mol. The number of rotatable bonds is 6. The first-order valence-corrected chi connectivity index (χ1v) is 7.25. The van der Waals surface area contributed by atoms with Crippen molar-refractivity contribution < 1.29 is 9.47 Å². The van der Waals surface area contributed by atoms with Crippen LogP contribution in [0.2, 0.25) is 0 Å². The lowest BCUT2D eigenvalue weighted by atomic mass is 10.2. The molecule has 3 rings (SSSR count). The van der Waals surface area contributed by atoms with Gasteiger partial charge in [0.05, 0.1) is 10.7 Å². The van der Waals surface area contributed by atoms with Crippen molar-refractivity contribution in [2.45, 2.75) is 19.5 Å². The predicted octanol–water partition coefficient (Wildman–Crippen LogP) is 1.95. The van der Waals surface area contributed by atoms with Crippen LogP contribution in [0, 0.1) is 0 Å². The fourth-order valence-corrected chi connectivity index (χ4v) is 2.68. The van der Waals surface area contributed by atoms with Crippen molar-refractivity contribution in [3.8, 4) is 11.5 Å². The molecule has 2 aromatic rings. The Morgan fingerprint density at radius 1 is 1.35 bits per heavy atom. The molecule has 0 unspecified atom stereocenters. The van der Waals surface area contributed by atoms with Gasteiger partial charge in [0.2, 0.25) is 6.79 Å². The van der Waals surface area contributed by atoms with Crippen LogP contribution in [0.1, 0.15) is 12.0 Å². The van der Waals surface area contributed by atoms with E-state index in [2.05, 4.69) is 37.6 Å². The second-order valence-corrected chi connectivity index (χ2v) is 5.36. The number of ether oxygens (including phenoxy) is 2. The highest BCUT2D eigenvalue weighted by Gasteiger charge is 2.17. The van der Waals surface area contributed by atoms with E-state index in [0.29, 0.717) is 6.79 Å². The van der Waals surface area contributed by atoms with Gasteiger partial charge in [-0.2, -0.15) is 0 Å². The van der Waals surface area contributed by atoms with Gasteiger partial charge in [0.15, 0.2) is 11.5 Å². The molecular weight excluding hydrogens is 324 g/mol.